The van der Waals surface area contributed by atoms with Crippen LogP contribution in [0.25, 0.3) is 27.8 Å². The fourth-order valence-electron chi connectivity index (χ4n) is 4.40. The highest BCUT2D eigenvalue weighted by Gasteiger charge is 2.29. The van der Waals surface area contributed by atoms with E-state index >= 15 is 0 Å². The average Bonchev–Trinajstić information content (AvgIpc) is 3.47. The Balaban J connectivity index is 1.34. The maximum Gasteiger partial charge on any atom is 0.258 e. The average molecular weight is 496 g/mol. The van der Waals surface area contributed by atoms with Gasteiger partial charge in [0, 0.05) is 35.8 Å². The van der Waals surface area contributed by atoms with E-state index in [1.165, 1.54) is 29.1 Å². The minimum atomic E-state index is -3.08. The minimum absolute atomic E-state index is 0.0449. The molecule has 9 nitrogen and oxygen atoms in total. The maximum atomic E-state index is 13.6. The number of H-pyrrole nitrogens is 1. The number of hydrogen-bond acceptors (Lipinski definition) is 6. The van der Waals surface area contributed by atoms with Gasteiger partial charge in [-0.15, -0.1) is 5.10 Å². The molecule has 2 aromatic heterocycles. The first kappa shape index (κ1) is 22.9. The molecular formula is C24H22FN5O4S. The summed E-state index contributed by atoms with van der Waals surface area (Å²) in [5, 5.41) is 8.71. The predicted octanol–water partition coefficient (Wildman–Crippen LogP) is 2.42. The molecule has 0 saturated carbocycles. The van der Waals surface area contributed by atoms with Crippen molar-refractivity contribution < 1.29 is 17.6 Å². The topological polar surface area (TPSA) is 118 Å². The molecule has 3 heterocycles. The van der Waals surface area contributed by atoms with Crippen molar-refractivity contribution in [3.05, 3.63) is 76.5 Å². The lowest BCUT2D eigenvalue weighted by Gasteiger charge is -2.16. The number of pyridine rings is 1. The molecule has 1 atom stereocenters. The molecule has 35 heavy (non-hydrogen) atoms. The fraction of sp³-hybridized carbons (Fsp3) is 0.250. The molecule has 1 aliphatic rings. The van der Waals surface area contributed by atoms with Crippen LogP contribution in [0, 0.1) is 11.7 Å². The Kier molecular flexibility index (Phi) is 5.72. The summed E-state index contributed by atoms with van der Waals surface area (Å²) in [5.41, 5.74) is 1.87. The number of benzene rings is 2. The molecule has 2 aromatic carbocycles. The van der Waals surface area contributed by atoms with Crippen LogP contribution in [0.1, 0.15) is 16.8 Å². The van der Waals surface area contributed by atoms with E-state index in [0.29, 0.717) is 47.4 Å². The number of likely N-dealkylation sites (tertiary alicyclic amines) is 1. The quantitative estimate of drug-likeness (QED) is 0.454. The van der Waals surface area contributed by atoms with Gasteiger partial charge >= 0.3 is 0 Å². The van der Waals surface area contributed by atoms with Gasteiger partial charge in [0.25, 0.3) is 11.5 Å². The SMILES string of the molecule is CS(=O)(=O)CC1CCN(C(=O)c2ccc(-n3cc(-c4cc5cc(F)ccc5[nH]c4=O)nn3)cc2)C1. The zero-order valence-corrected chi connectivity index (χ0v) is 19.6. The molecular weight excluding hydrogens is 473 g/mol. The van der Waals surface area contributed by atoms with Crippen LogP contribution in [-0.2, 0) is 9.84 Å². The van der Waals surface area contributed by atoms with Gasteiger partial charge in [-0.3, -0.25) is 9.59 Å². The summed E-state index contributed by atoms with van der Waals surface area (Å²) in [6.45, 7) is 0.946. The number of hydrogen-bond donors (Lipinski definition) is 1. The zero-order valence-electron chi connectivity index (χ0n) is 18.8. The van der Waals surface area contributed by atoms with Crippen LogP contribution in [0.2, 0.25) is 0 Å². The largest absolute Gasteiger partial charge is 0.338 e. The molecule has 11 heteroatoms. The molecule has 5 rings (SSSR count). The molecule has 1 N–H and O–H groups in total. The van der Waals surface area contributed by atoms with Crippen LogP contribution in [0.4, 0.5) is 4.39 Å². The Morgan fingerprint density at radius 1 is 1.17 bits per heavy atom. The summed E-state index contributed by atoms with van der Waals surface area (Å²) in [7, 11) is -3.08. The highest BCUT2D eigenvalue weighted by molar-refractivity contribution is 7.90. The number of fused-ring (bicyclic) bond motifs is 1. The van der Waals surface area contributed by atoms with Crippen molar-refractivity contribution >= 4 is 26.6 Å². The Bertz CT molecular complexity index is 1590. The molecule has 0 radical (unpaired) electrons. The van der Waals surface area contributed by atoms with Gasteiger partial charge in [-0.2, -0.15) is 0 Å². The number of aromatic nitrogens is 4. The van der Waals surface area contributed by atoms with Gasteiger partial charge in [0.05, 0.1) is 23.2 Å². The fourth-order valence-corrected chi connectivity index (χ4v) is 5.53. The number of aromatic amines is 1. The molecule has 180 valence electrons. The Morgan fingerprint density at radius 3 is 2.69 bits per heavy atom. The predicted molar refractivity (Wildman–Crippen MR) is 129 cm³/mol. The number of sulfone groups is 1. The lowest BCUT2D eigenvalue weighted by Crippen LogP contribution is -2.29. The third-order valence-electron chi connectivity index (χ3n) is 6.07. The highest BCUT2D eigenvalue weighted by atomic mass is 32.2. The van der Waals surface area contributed by atoms with Crippen molar-refractivity contribution in [2.75, 3.05) is 25.1 Å². The van der Waals surface area contributed by atoms with E-state index in [1.54, 1.807) is 41.4 Å². The second-order valence-electron chi connectivity index (χ2n) is 8.84. The third-order valence-corrected chi connectivity index (χ3v) is 7.14. The van der Waals surface area contributed by atoms with Crippen LogP contribution in [0.15, 0.2) is 59.5 Å². The first-order chi connectivity index (χ1) is 16.7. The Morgan fingerprint density at radius 2 is 1.94 bits per heavy atom. The van der Waals surface area contributed by atoms with Crippen molar-refractivity contribution in [3.63, 3.8) is 0 Å². The van der Waals surface area contributed by atoms with Gasteiger partial charge < -0.3 is 9.88 Å². The smallest absolute Gasteiger partial charge is 0.258 e. The molecule has 0 bridgehead atoms. The lowest BCUT2D eigenvalue weighted by atomic mass is 10.1. The van der Waals surface area contributed by atoms with Crippen molar-refractivity contribution in [2.45, 2.75) is 6.42 Å². The molecule has 0 aliphatic carbocycles. The van der Waals surface area contributed by atoms with E-state index < -0.39 is 15.7 Å². The summed E-state index contributed by atoms with van der Waals surface area (Å²) in [6, 6.07) is 12.5. The van der Waals surface area contributed by atoms with Gasteiger partial charge in [0.15, 0.2) is 0 Å². The van der Waals surface area contributed by atoms with Crippen molar-refractivity contribution in [3.8, 4) is 16.9 Å². The Labute approximate surface area is 200 Å². The van der Waals surface area contributed by atoms with Crippen LogP contribution in [-0.4, -0.2) is 64.3 Å². The van der Waals surface area contributed by atoms with Crippen molar-refractivity contribution in [1.29, 1.82) is 0 Å². The number of carbonyl (C=O) groups excluding carboxylic acids is 1. The van der Waals surface area contributed by atoms with E-state index in [2.05, 4.69) is 15.3 Å². The number of halogens is 1. The second kappa shape index (κ2) is 8.73. The van der Waals surface area contributed by atoms with Crippen LogP contribution >= 0.6 is 0 Å². The summed E-state index contributed by atoms with van der Waals surface area (Å²) in [5.74, 6) is -0.522. The van der Waals surface area contributed by atoms with Gasteiger partial charge in [0.1, 0.15) is 21.3 Å². The number of rotatable bonds is 5. The lowest BCUT2D eigenvalue weighted by molar-refractivity contribution is 0.0788. The summed E-state index contributed by atoms with van der Waals surface area (Å²) >= 11 is 0. The summed E-state index contributed by atoms with van der Waals surface area (Å²) in [4.78, 5) is 29.7. The molecule has 1 fully saturated rings. The van der Waals surface area contributed by atoms with E-state index in [1.807, 2.05) is 0 Å². The van der Waals surface area contributed by atoms with E-state index in [4.69, 9.17) is 0 Å². The molecule has 1 unspecified atom stereocenters. The number of nitrogens with zero attached hydrogens (tertiary/aromatic N) is 4. The van der Waals surface area contributed by atoms with Crippen molar-refractivity contribution in [2.24, 2.45) is 5.92 Å². The first-order valence-corrected chi connectivity index (χ1v) is 13.0. The van der Waals surface area contributed by atoms with E-state index in [-0.39, 0.29) is 28.7 Å². The molecule has 1 saturated heterocycles. The molecule has 4 aromatic rings. The third kappa shape index (κ3) is 4.85. The number of carbonyl (C=O) groups is 1. The monoisotopic (exact) mass is 495 g/mol. The van der Waals surface area contributed by atoms with Crippen LogP contribution in [0.5, 0.6) is 0 Å². The molecule has 1 amide bonds. The standard InChI is InChI=1S/C24H22FN5O4S/c1-35(33,34)14-15-8-9-29(12-15)24(32)16-2-5-19(6-3-16)30-13-22(27-28-30)20-11-17-10-18(25)4-7-21(17)26-23(20)31/h2-7,10-11,13,15H,8-9,12,14H2,1H3,(H,26,31). The van der Waals surface area contributed by atoms with E-state index in [9.17, 15) is 22.4 Å². The summed E-state index contributed by atoms with van der Waals surface area (Å²) in [6.07, 6.45) is 3.46. The Hall–Kier alpha value is -3.86. The highest BCUT2D eigenvalue weighted by Crippen LogP contribution is 2.22. The minimum Gasteiger partial charge on any atom is -0.338 e. The first-order valence-electron chi connectivity index (χ1n) is 11.0. The van der Waals surface area contributed by atoms with Gasteiger partial charge in [-0.05, 0) is 60.9 Å². The summed E-state index contributed by atoms with van der Waals surface area (Å²) < 4.78 is 38.2. The number of nitrogens with one attached hydrogen (secondary N) is 1. The second-order valence-corrected chi connectivity index (χ2v) is 11.0. The zero-order chi connectivity index (χ0) is 24.7. The van der Waals surface area contributed by atoms with Gasteiger partial charge in [-0.1, -0.05) is 5.21 Å². The van der Waals surface area contributed by atoms with Crippen LogP contribution in [0.3, 0.4) is 0 Å². The van der Waals surface area contributed by atoms with Gasteiger partial charge in [-0.25, -0.2) is 17.5 Å². The van der Waals surface area contributed by atoms with Crippen LogP contribution < -0.4 is 5.56 Å². The normalized spacial score (nSPS) is 16.2. The van der Waals surface area contributed by atoms with Gasteiger partial charge in [0.2, 0.25) is 0 Å². The molecule has 0 spiro atoms. The maximum absolute atomic E-state index is 13.6. The van der Waals surface area contributed by atoms with Crippen molar-refractivity contribution in [1.82, 2.24) is 24.9 Å². The molecule has 1 aliphatic heterocycles. The number of amides is 1. The van der Waals surface area contributed by atoms with E-state index in [0.717, 1.165) is 0 Å².